The largest absolute Gasteiger partial charge is 0.469 e. The number of aryl methyl sites for hydroxylation is 1. The minimum Gasteiger partial charge on any atom is -0.469 e. The van der Waals surface area contributed by atoms with Crippen LogP contribution in [-0.2, 0) is 23.0 Å². The number of nitrogens with one attached hydrogen (secondary N) is 1. The molecule has 3 rings (SSSR count). The smallest absolute Gasteiger partial charge is 0.240 e. The van der Waals surface area contributed by atoms with E-state index in [4.69, 9.17) is 16.0 Å². The molecule has 2 aromatic heterocycles. The summed E-state index contributed by atoms with van der Waals surface area (Å²) >= 11 is 5.63. The van der Waals surface area contributed by atoms with Crippen LogP contribution in [-0.4, -0.2) is 19.2 Å². The van der Waals surface area contributed by atoms with Crippen LogP contribution >= 0.6 is 11.6 Å². The number of carbonyl (C=O) groups is 1. The maximum Gasteiger partial charge on any atom is 0.240 e. The number of hydrogen-bond acceptors (Lipinski definition) is 5. The Labute approximate surface area is 166 Å². The molecule has 9 heteroatoms. The van der Waals surface area contributed by atoms with E-state index in [1.807, 2.05) is 0 Å². The third-order valence-corrected chi connectivity index (χ3v) is 5.65. The highest BCUT2D eigenvalue weighted by Crippen LogP contribution is 2.19. The molecule has 0 aliphatic heterocycles. The molecule has 6 nitrogen and oxygen atoms in total. The van der Waals surface area contributed by atoms with E-state index in [1.54, 1.807) is 30.5 Å². The van der Waals surface area contributed by atoms with Gasteiger partial charge in [-0.3, -0.25) is 9.78 Å². The molecule has 2 heterocycles. The number of ketones is 1. The monoisotopic (exact) mass is 422 g/mol. The molecular weight excluding hydrogens is 407 g/mol. The van der Waals surface area contributed by atoms with Crippen molar-refractivity contribution in [2.45, 2.75) is 24.3 Å². The summed E-state index contributed by atoms with van der Waals surface area (Å²) in [5, 5.41) is -0.276. The van der Waals surface area contributed by atoms with Gasteiger partial charge in [0, 0.05) is 25.6 Å². The van der Waals surface area contributed by atoms with E-state index < -0.39 is 15.8 Å². The van der Waals surface area contributed by atoms with Crippen molar-refractivity contribution in [1.82, 2.24) is 9.71 Å². The van der Waals surface area contributed by atoms with E-state index in [2.05, 4.69) is 9.71 Å². The van der Waals surface area contributed by atoms with Crippen molar-refractivity contribution < 1.29 is 22.0 Å². The van der Waals surface area contributed by atoms with Gasteiger partial charge in [0.25, 0.3) is 0 Å². The molecule has 146 valence electrons. The Balaban J connectivity index is 1.59. The quantitative estimate of drug-likeness (QED) is 0.558. The van der Waals surface area contributed by atoms with Gasteiger partial charge in [-0.2, -0.15) is 0 Å². The molecule has 0 aliphatic rings. The Morgan fingerprint density at radius 1 is 1.21 bits per heavy atom. The van der Waals surface area contributed by atoms with Gasteiger partial charge < -0.3 is 4.42 Å². The number of benzene rings is 1. The number of sulfonamides is 1. The van der Waals surface area contributed by atoms with Crippen LogP contribution in [0.5, 0.6) is 0 Å². The minimum atomic E-state index is -3.86. The van der Waals surface area contributed by atoms with Crippen LogP contribution in [0.2, 0.25) is 5.02 Å². The zero-order valence-electron chi connectivity index (χ0n) is 14.6. The SMILES string of the molecule is O=C(CCc1ccco1)c1ccc(CNS(=O)(=O)c2ccc(F)c(Cl)c2)cn1. The molecule has 0 atom stereocenters. The third-order valence-electron chi connectivity index (χ3n) is 3.96. The molecular formula is C19H16ClFN2O4S. The minimum absolute atomic E-state index is 0.0365. The predicted octanol–water partition coefficient (Wildman–Crippen LogP) is 3.76. The predicted molar refractivity (Wildman–Crippen MR) is 101 cm³/mol. The molecule has 0 saturated carbocycles. The van der Waals surface area contributed by atoms with Gasteiger partial charge in [0.2, 0.25) is 10.0 Å². The molecule has 1 aromatic carbocycles. The Kier molecular flexibility index (Phi) is 6.23. The summed E-state index contributed by atoms with van der Waals surface area (Å²) in [4.78, 5) is 16.1. The molecule has 3 aromatic rings. The van der Waals surface area contributed by atoms with Crippen molar-refractivity contribution in [3.8, 4) is 0 Å². The van der Waals surface area contributed by atoms with Crippen LogP contribution in [0.25, 0.3) is 0 Å². The number of rotatable bonds is 8. The molecule has 0 bridgehead atoms. The fourth-order valence-electron chi connectivity index (χ4n) is 2.42. The van der Waals surface area contributed by atoms with Gasteiger partial charge in [-0.1, -0.05) is 17.7 Å². The van der Waals surface area contributed by atoms with Gasteiger partial charge in [0.05, 0.1) is 16.2 Å². The zero-order valence-corrected chi connectivity index (χ0v) is 16.1. The number of halogens is 2. The number of hydrogen-bond donors (Lipinski definition) is 1. The lowest BCUT2D eigenvalue weighted by molar-refractivity contribution is 0.0976. The van der Waals surface area contributed by atoms with Gasteiger partial charge in [-0.25, -0.2) is 17.5 Å². The average molecular weight is 423 g/mol. The van der Waals surface area contributed by atoms with Crippen LogP contribution in [0.15, 0.2) is 64.2 Å². The first-order valence-corrected chi connectivity index (χ1v) is 10.2. The Morgan fingerprint density at radius 3 is 2.68 bits per heavy atom. The molecule has 0 amide bonds. The van der Waals surface area contributed by atoms with Gasteiger partial charge in [-0.05, 0) is 42.0 Å². The molecule has 28 heavy (non-hydrogen) atoms. The highest BCUT2D eigenvalue weighted by Gasteiger charge is 2.16. The maximum atomic E-state index is 13.2. The molecule has 1 N–H and O–H groups in total. The number of aromatic nitrogens is 1. The number of Topliss-reactive ketones (excluding diaryl/α,β-unsaturated/α-hetero) is 1. The Hall–Kier alpha value is -2.55. The number of carbonyl (C=O) groups excluding carboxylic acids is 1. The fourth-order valence-corrected chi connectivity index (χ4v) is 3.71. The summed E-state index contributed by atoms with van der Waals surface area (Å²) in [6.45, 7) is -0.0365. The third kappa shape index (κ3) is 5.03. The summed E-state index contributed by atoms with van der Waals surface area (Å²) in [6.07, 6.45) is 3.72. The lowest BCUT2D eigenvalue weighted by Gasteiger charge is -2.08. The van der Waals surface area contributed by atoms with E-state index in [0.29, 0.717) is 17.7 Å². The number of furan rings is 1. The first-order valence-electron chi connectivity index (χ1n) is 8.30. The summed E-state index contributed by atoms with van der Waals surface area (Å²) < 4.78 is 45.3. The summed E-state index contributed by atoms with van der Waals surface area (Å²) in [5.41, 5.74) is 0.864. The maximum absolute atomic E-state index is 13.2. The zero-order chi connectivity index (χ0) is 20.1. The second-order valence-electron chi connectivity index (χ2n) is 5.95. The second-order valence-corrected chi connectivity index (χ2v) is 8.13. The Morgan fingerprint density at radius 2 is 2.04 bits per heavy atom. The first-order chi connectivity index (χ1) is 13.3. The fraction of sp³-hybridized carbons (Fsp3) is 0.158. The van der Waals surface area contributed by atoms with Crippen LogP contribution in [0.4, 0.5) is 4.39 Å². The summed E-state index contributed by atoms with van der Waals surface area (Å²) in [7, 11) is -3.86. The van der Waals surface area contributed by atoms with Crippen LogP contribution in [0.3, 0.4) is 0 Å². The molecule has 0 radical (unpaired) electrons. The normalized spacial score (nSPS) is 11.5. The van der Waals surface area contributed by atoms with Gasteiger partial charge in [0.15, 0.2) is 5.78 Å². The van der Waals surface area contributed by atoms with E-state index in [1.165, 1.54) is 6.20 Å². The highest BCUT2D eigenvalue weighted by molar-refractivity contribution is 7.89. The second kappa shape index (κ2) is 8.64. The lowest BCUT2D eigenvalue weighted by atomic mass is 10.1. The molecule has 0 unspecified atom stereocenters. The Bertz CT molecular complexity index is 1070. The first kappa shape index (κ1) is 20.2. The average Bonchev–Trinajstić information content (AvgIpc) is 3.20. The highest BCUT2D eigenvalue weighted by atomic mass is 35.5. The van der Waals surface area contributed by atoms with Crippen LogP contribution < -0.4 is 4.72 Å². The molecule has 0 fully saturated rings. The van der Waals surface area contributed by atoms with E-state index >= 15 is 0 Å². The standard InChI is InChI=1S/C19H16ClFN2O4S/c20-16-10-15(5-6-17(16)21)28(25,26)23-12-13-3-7-18(22-11-13)19(24)8-4-14-2-1-9-27-14/h1-3,5-7,9-11,23H,4,8,12H2. The van der Waals surface area contributed by atoms with Crippen LogP contribution in [0.1, 0.15) is 28.2 Å². The van der Waals surface area contributed by atoms with E-state index in [9.17, 15) is 17.6 Å². The van der Waals surface area contributed by atoms with E-state index in [-0.39, 0.29) is 28.7 Å². The molecule has 0 aliphatic carbocycles. The van der Waals surface area contributed by atoms with Gasteiger partial charge >= 0.3 is 0 Å². The number of pyridine rings is 1. The van der Waals surface area contributed by atoms with Gasteiger partial charge in [0.1, 0.15) is 17.3 Å². The van der Waals surface area contributed by atoms with Crippen molar-refractivity contribution in [3.05, 3.63) is 82.8 Å². The van der Waals surface area contributed by atoms with Crippen molar-refractivity contribution in [2.24, 2.45) is 0 Å². The lowest BCUT2D eigenvalue weighted by Crippen LogP contribution is -2.23. The summed E-state index contributed by atoms with van der Waals surface area (Å²) in [6, 6.07) is 9.87. The summed E-state index contributed by atoms with van der Waals surface area (Å²) in [5.74, 6) is -0.109. The van der Waals surface area contributed by atoms with E-state index in [0.717, 1.165) is 24.0 Å². The van der Waals surface area contributed by atoms with Crippen molar-refractivity contribution in [1.29, 1.82) is 0 Å². The van der Waals surface area contributed by atoms with Gasteiger partial charge in [-0.15, -0.1) is 0 Å². The van der Waals surface area contributed by atoms with Crippen LogP contribution in [0, 0.1) is 5.82 Å². The molecule has 0 saturated heterocycles. The number of nitrogens with zero attached hydrogens (tertiary/aromatic N) is 1. The van der Waals surface area contributed by atoms with Crippen molar-refractivity contribution in [3.63, 3.8) is 0 Å². The molecule has 0 spiro atoms. The van der Waals surface area contributed by atoms with Crippen molar-refractivity contribution in [2.75, 3.05) is 0 Å². The topological polar surface area (TPSA) is 89.3 Å². The van der Waals surface area contributed by atoms with Crippen molar-refractivity contribution >= 4 is 27.4 Å².